The molecule has 612 valence electrons. The van der Waals surface area contributed by atoms with Gasteiger partial charge in [0.25, 0.3) is 0 Å². The third-order valence-electron chi connectivity index (χ3n) is 20.1. The van der Waals surface area contributed by atoms with Crippen molar-refractivity contribution in [2.75, 3.05) is 39.6 Å². The van der Waals surface area contributed by atoms with E-state index in [1.54, 1.807) is 0 Å². The Morgan fingerprint density at radius 2 is 0.466 bits per heavy atom. The molecule has 0 aromatic rings. The maximum absolute atomic E-state index is 13.1. The van der Waals surface area contributed by atoms with Crippen LogP contribution in [-0.4, -0.2) is 96.7 Å². The van der Waals surface area contributed by atoms with Crippen molar-refractivity contribution in [3.8, 4) is 0 Å². The number of unbranched alkanes of at least 4 members (excludes halogenated alkanes) is 55. The van der Waals surface area contributed by atoms with Crippen molar-refractivity contribution in [3.63, 3.8) is 0 Å². The normalized spacial score (nSPS) is 14.1. The number of phosphoric ester groups is 2. The molecule has 0 radical (unpaired) electrons. The van der Waals surface area contributed by atoms with Crippen LogP contribution in [0.15, 0.2) is 0 Å². The zero-order chi connectivity index (χ0) is 75.5. The van der Waals surface area contributed by atoms with E-state index in [4.69, 9.17) is 37.0 Å². The Bertz CT molecular complexity index is 1960. The molecular weight excluding hydrogens is 1340 g/mol. The Kier molecular flexibility index (Phi) is 75.4. The van der Waals surface area contributed by atoms with Crippen molar-refractivity contribution in [3.05, 3.63) is 0 Å². The smallest absolute Gasteiger partial charge is 0.462 e. The Morgan fingerprint density at radius 1 is 0.272 bits per heavy atom. The summed E-state index contributed by atoms with van der Waals surface area (Å²) in [5, 5.41) is 10.7. The van der Waals surface area contributed by atoms with Crippen molar-refractivity contribution in [2.45, 2.75) is 470 Å². The molecule has 0 aliphatic carbocycles. The highest BCUT2D eigenvalue weighted by Crippen LogP contribution is 2.45. The van der Waals surface area contributed by atoms with Crippen LogP contribution in [0.4, 0.5) is 0 Å². The summed E-state index contributed by atoms with van der Waals surface area (Å²) in [5.41, 5.74) is 0. The molecule has 3 N–H and O–H groups in total. The van der Waals surface area contributed by atoms with Crippen molar-refractivity contribution >= 4 is 39.5 Å². The molecule has 17 nitrogen and oxygen atoms in total. The molecule has 0 rings (SSSR count). The fraction of sp³-hybridized carbons (Fsp3) is 0.952. The number of phosphoric acid groups is 2. The fourth-order valence-corrected chi connectivity index (χ4v) is 14.7. The molecule has 0 amide bonds. The molecule has 19 heteroatoms. The van der Waals surface area contributed by atoms with Crippen molar-refractivity contribution < 1.29 is 80.2 Å². The second kappa shape index (κ2) is 76.8. The fourth-order valence-electron chi connectivity index (χ4n) is 13.1. The van der Waals surface area contributed by atoms with Gasteiger partial charge in [-0.15, -0.1) is 0 Å². The maximum atomic E-state index is 13.1. The number of rotatable bonds is 84. The number of ether oxygens (including phenoxy) is 4. The number of hydrogen-bond donors (Lipinski definition) is 3. The van der Waals surface area contributed by atoms with Gasteiger partial charge >= 0.3 is 39.5 Å². The molecule has 0 aliphatic rings. The molecule has 0 bridgehead atoms. The van der Waals surface area contributed by atoms with Crippen LogP contribution >= 0.6 is 15.6 Å². The van der Waals surface area contributed by atoms with Gasteiger partial charge in [-0.25, -0.2) is 9.13 Å². The maximum Gasteiger partial charge on any atom is 0.472 e. The lowest BCUT2D eigenvalue weighted by Crippen LogP contribution is -2.30. The van der Waals surface area contributed by atoms with Crippen LogP contribution in [0.5, 0.6) is 0 Å². The molecule has 0 heterocycles. The van der Waals surface area contributed by atoms with Crippen LogP contribution in [0.2, 0.25) is 0 Å². The highest BCUT2D eigenvalue weighted by Gasteiger charge is 2.30. The first-order chi connectivity index (χ1) is 50.1. The van der Waals surface area contributed by atoms with Gasteiger partial charge in [0.05, 0.1) is 26.4 Å². The summed E-state index contributed by atoms with van der Waals surface area (Å²) in [4.78, 5) is 73.1. The molecule has 103 heavy (non-hydrogen) atoms. The van der Waals surface area contributed by atoms with Gasteiger partial charge in [0.1, 0.15) is 19.3 Å². The van der Waals surface area contributed by atoms with Crippen molar-refractivity contribution in [2.24, 2.45) is 5.92 Å². The number of carbonyl (C=O) groups is 4. The molecule has 0 saturated heterocycles. The minimum absolute atomic E-state index is 0.108. The van der Waals surface area contributed by atoms with Gasteiger partial charge in [-0.05, 0) is 31.6 Å². The Labute approximate surface area is 632 Å². The molecule has 3 unspecified atom stereocenters. The van der Waals surface area contributed by atoms with Gasteiger partial charge in [0.15, 0.2) is 12.2 Å². The van der Waals surface area contributed by atoms with E-state index in [1.165, 1.54) is 276 Å². The largest absolute Gasteiger partial charge is 0.472 e. The lowest BCUT2D eigenvalue weighted by atomic mass is 9.99. The van der Waals surface area contributed by atoms with Crippen LogP contribution in [-0.2, 0) is 65.4 Å². The standard InChI is InChI=1S/C84H164O17P2/c1-6-10-13-16-19-22-25-27-28-29-30-31-32-33-34-35-40-45-50-55-60-65-70-84(89)101-80(74-95-82(87)68-63-58-53-48-44-39-37-36-38-42-46-51-56-61-66-77(5)9-4)76-99-103(92,93)97-72-78(85)71-96-102(90,91)98-75-79(73-94-81(86)67-62-57-52-47-41-24-21-18-15-12-8-3)100-83(88)69-64-59-54-49-43-26-23-20-17-14-11-7-2/h77-80,85H,6-76H2,1-5H3,(H,90,91)(H,92,93)/t77?,78-,79+,80+/m0/s1. The SMILES string of the molecule is CCCCCCCCCCCCCCCCCCCCCCCCC(=O)O[C@H](COC(=O)CCCCCCCCCCCCCCCCC(C)CC)COP(=O)(O)OC[C@@H](O)COP(=O)(O)OC[C@@H](COC(=O)CCCCCCCCCCCCC)OC(=O)CCCCCCCCCCCCCC. The average molecular weight is 1510 g/mol. The van der Waals surface area contributed by atoms with Gasteiger partial charge in [-0.3, -0.25) is 37.3 Å². The molecule has 6 atom stereocenters. The van der Waals surface area contributed by atoms with E-state index >= 15 is 0 Å². The highest BCUT2D eigenvalue weighted by atomic mass is 31.2. The minimum Gasteiger partial charge on any atom is -0.462 e. The molecule has 0 aromatic heterocycles. The van der Waals surface area contributed by atoms with Crippen LogP contribution in [0.25, 0.3) is 0 Å². The summed E-state index contributed by atoms with van der Waals surface area (Å²) in [6, 6.07) is 0. The quantitative estimate of drug-likeness (QED) is 0.0222. The lowest BCUT2D eigenvalue weighted by Gasteiger charge is -2.21. The summed E-state index contributed by atoms with van der Waals surface area (Å²) in [6.07, 6.45) is 69.3. The molecule has 0 fully saturated rings. The number of aliphatic hydroxyl groups is 1. The molecule has 0 saturated carbocycles. The lowest BCUT2D eigenvalue weighted by molar-refractivity contribution is -0.161. The van der Waals surface area contributed by atoms with E-state index in [2.05, 4.69) is 34.6 Å². The molecule has 0 aliphatic heterocycles. The van der Waals surface area contributed by atoms with Crippen LogP contribution in [0.3, 0.4) is 0 Å². The first-order valence-corrected chi connectivity index (χ1v) is 46.7. The Hall–Kier alpha value is -1.94. The number of carbonyl (C=O) groups excluding carboxylic acids is 4. The second-order valence-corrected chi connectivity index (χ2v) is 33.4. The summed E-state index contributed by atoms with van der Waals surface area (Å²) >= 11 is 0. The third-order valence-corrected chi connectivity index (χ3v) is 22.0. The zero-order valence-corrected chi connectivity index (χ0v) is 69.3. The number of aliphatic hydroxyl groups excluding tert-OH is 1. The summed E-state index contributed by atoms with van der Waals surface area (Å²) in [7, 11) is -9.92. The Morgan fingerprint density at radius 3 is 0.689 bits per heavy atom. The van der Waals surface area contributed by atoms with E-state index < -0.39 is 97.5 Å². The van der Waals surface area contributed by atoms with Gasteiger partial charge in [-0.1, -0.05) is 401 Å². The van der Waals surface area contributed by atoms with Crippen LogP contribution < -0.4 is 0 Å². The van der Waals surface area contributed by atoms with E-state index in [-0.39, 0.29) is 25.7 Å². The van der Waals surface area contributed by atoms with Gasteiger partial charge in [0, 0.05) is 25.7 Å². The molecular formula is C84H164O17P2. The van der Waals surface area contributed by atoms with Crippen LogP contribution in [0, 0.1) is 5.92 Å². The molecule has 0 aromatic carbocycles. The summed E-state index contributed by atoms with van der Waals surface area (Å²) in [5.74, 6) is -1.25. The average Bonchev–Trinajstić information content (AvgIpc) is 0.928. The topological polar surface area (TPSA) is 237 Å². The second-order valence-electron chi connectivity index (χ2n) is 30.5. The van der Waals surface area contributed by atoms with Crippen molar-refractivity contribution in [1.29, 1.82) is 0 Å². The monoisotopic (exact) mass is 1510 g/mol. The highest BCUT2D eigenvalue weighted by molar-refractivity contribution is 7.47. The predicted molar refractivity (Wildman–Crippen MR) is 423 cm³/mol. The van der Waals surface area contributed by atoms with Gasteiger partial charge in [-0.2, -0.15) is 0 Å². The van der Waals surface area contributed by atoms with E-state index in [9.17, 15) is 43.2 Å². The first kappa shape index (κ1) is 101. The predicted octanol–water partition coefficient (Wildman–Crippen LogP) is 25.6. The van der Waals surface area contributed by atoms with Crippen molar-refractivity contribution in [1.82, 2.24) is 0 Å². The van der Waals surface area contributed by atoms with E-state index in [0.717, 1.165) is 95.8 Å². The summed E-state index contributed by atoms with van der Waals surface area (Å²) in [6.45, 7) is 7.40. The Balaban J connectivity index is 5.21. The zero-order valence-electron chi connectivity index (χ0n) is 67.5. The van der Waals surface area contributed by atoms with E-state index in [1.807, 2.05) is 0 Å². The summed E-state index contributed by atoms with van der Waals surface area (Å²) < 4.78 is 68.8. The van der Waals surface area contributed by atoms with Gasteiger partial charge < -0.3 is 33.8 Å². The minimum atomic E-state index is -4.96. The number of esters is 4. The van der Waals surface area contributed by atoms with Gasteiger partial charge in [0.2, 0.25) is 0 Å². The third kappa shape index (κ3) is 76.6. The van der Waals surface area contributed by atoms with Crippen LogP contribution in [0.1, 0.15) is 452 Å². The van der Waals surface area contributed by atoms with E-state index in [0.29, 0.717) is 25.7 Å². The molecule has 0 spiro atoms. The first-order valence-electron chi connectivity index (χ1n) is 43.7. The number of hydrogen-bond acceptors (Lipinski definition) is 15.